The van der Waals surface area contributed by atoms with E-state index in [1.165, 1.54) is 4.68 Å². The summed E-state index contributed by atoms with van der Waals surface area (Å²) in [6.07, 6.45) is -4.56. The van der Waals surface area contributed by atoms with Crippen molar-refractivity contribution >= 4 is 11.6 Å². The van der Waals surface area contributed by atoms with Crippen molar-refractivity contribution in [2.75, 3.05) is 5.73 Å². The lowest BCUT2D eigenvalue weighted by molar-refractivity contribution is -0.137. The Bertz CT molecular complexity index is 719. The van der Waals surface area contributed by atoms with Crippen LogP contribution in [-0.4, -0.2) is 15.7 Å². The number of carbonyl (C=O) groups excluding carboxylic acids is 1. The van der Waals surface area contributed by atoms with E-state index in [9.17, 15) is 18.0 Å². The van der Waals surface area contributed by atoms with E-state index in [0.717, 1.165) is 12.1 Å². The van der Waals surface area contributed by atoms with Crippen molar-refractivity contribution in [2.45, 2.75) is 20.0 Å². The number of hydrogen-bond acceptors (Lipinski definition) is 3. The molecule has 0 fully saturated rings. The number of primary amides is 1. The van der Waals surface area contributed by atoms with Gasteiger partial charge in [0, 0.05) is 0 Å². The molecule has 0 aliphatic carbocycles. The molecule has 0 radical (unpaired) electrons. The monoisotopic (exact) mass is 298 g/mol. The minimum Gasteiger partial charge on any atom is -0.396 e. The molecule has 5 nitrogen and oxygen atoms in total. The highest BCUT2D eigenvalue weighted by Crippen LogP contribution is 2.32. The van der Waals surface area contributed by atoms with E-state index >= 15 is 0 Å². The molecule has 0 spiro atoms. The number of carbonyl (C=O) groups is 1. The number of benzene rings is 1. The second-order valence-corrected chi connectivity index (χ2v) is 4.59. The van der Waals surface area contributed by atoms with Crippen molar-refractivity contribution in [3.05, 3.63) is 40.7 Å². The molecule has 112 valence electrons. The Balaban J connectivity index is 2.69. The number of aromatic nitrogens is 2. The molecule has 0 saturated heterocycles. The molecule has 0 aliphatic heterocycles. The summed E-state index contributed by atoms with van der Waals surface area (Å²) in [5.41, 5.74) is 11.4. The molecule has 1 aromatic carbocycles. The first-order valence-electron chi connectivity index (χ1n) is 5.96. The minimum absolute atomic E-state index is 0.160. The standard InChI is InChI=1S/C13H13F3N4O/c1-6-11(17)7(2)20(19-6)10-4-3-8(13(14,15)16)5-9(10)12(18)21/h3-5H,17H2,1-2H3,(H2,18,21). The molecule has 0 unspecified atom stereocenters. The molecule has 1 aromatic heterocycles. The van der Waals surface area contributed by atoms with Gasteiger partial charge in [-0.15, -0.1) is 0 Å². The number of rotatable bonds is 2. The largest absolute Gasteiger partial charge is 0.416 e. The fraction of sp³-hybridized carbons (Fsp3) is 0.231. The molecule has 1 amide bonds. The molecular weight excluding hydrogens is 285 g/mol. The van der Waals surface area contributed by atoms with E-state index < -0.39 is 17.6 Å². The van der Waals surface area contributed by atoms with E-state index in [1.807, 2.05) is 0 Å². The number of amides is 1. The van der Waals surface area contributed by atoms with Gasteiger partial charge in [0.25, 0.3) is 5.91 Å². The van der Waals surface area contributed by atoms with Gasteiger partial charge in [0.15, 0.2) is 0 Å². The van der Waals surface area contributed by atoms with Gasteiger partial charge in [-0.25, -0.2) is 4.68 Å². The zero-order valence-corrected chi connectivity index (χ0v) is 11.3. The molecule has 2 rings (SSSR count). The van der Waals surface area contributed by atoms with Crippen LogP contribution in [-0.2, 0) is 6.18 Å². The highest BCUT2D eigenvalue weighted by Gasteiger charge is 2.32. The minimum atomic E-state index is -4.56. The van der Waals surface area contributed by atoms with Crippen LogP contribution in [0.1, 0.15) is 27.3 Å². The first-order valence-corrected chi connectivity index (χ1v) is 5.96. The van der Waals surface area contributed by atoms with Gasteiger partial charge in [-0.05, 0) is 32.0 Å². The summed E-state index contributed by atoms with van der Waals surface area (Å²) >= 11 is 0. The lowest BCUT2D eigenvalue weighted by atomic mass is 10.1. The molecule has 0 bridgehead atoms. The molecule has 1 heterocycles. The number of nitrogens with zero attached hydrogens (tertiary/aromatic N) is 2. The Labute approximate surface area is 118 Å². The zero-order chi connectivity index (χ0) is 15.9. The van der Waals surface area contributed by atoms with Gasteiger partial charge in [-0.3, -0.25) is 4.79 Å². The second-order valence-electron chi connectivity index (χ2n) is 4.59. The molecule has 4 N–H and O–H groups in total. The van der Waals surface area contributed by atoms with E-state index in [1.54, 1.807) is 13.8 Å². The van der Waals surface area contributed by atoms with Crippen LogP contribution in [0.3, 0.4) is 0 Å². The quantitative estimate of drug-likeness (QED) is 0.891. The van der Waals surface area contributed by atoms with Crippen LogP contribution in [0.2, 0.25) is 0 Å². The Morgan fingerprint density at radius 1 is 1.29 bits per heavy atom. The average molecular weight is 298 g/mol. The molecule has 8 heteroatoms. The molecular formula is C13H13F3N4O. The summed E-state index contributed by atoms with van der Waals surface area (Å²) in [7, 11) is 0. The topological polar surface area (TPSA) is 86.9 Å². The predicted molar refractivity (Wildman–Crippen MR) is 71.0 cm³/mol. The van der Waals surface area contributed by atoms with Crippen LogP contribution >= 0.6 is 0 Å². The van der Waals surface area contributed by atoms with Crippen molar-refractivity contribution in [3.63, 3.8) is 0 Å². The highest BCUT2D eigenvalue weighted by atomic mass is 19.4. The highest BCUT2D eigenvalue weighted by molar-refractivity contribution is 5.96. The normalized spacial score (nSPS) is 11.7. The smallest absolute Gasteiger partial charge is 0.396 e. The fourth-order valence-corrected chi connectivity index (χ4v) is 1.98. The predicted octanol–water partition coefficient (Wildman–Crippen LogP) is 2.19. The third-order valence-electron chi connectivity index (χ3n) is 3.16. The van der Waals surface area contributed by atoms with Crippen LogP contribution in [0.5, 0.6) is 0 Å². The summed E-state index contributed by atoms with van der Waals surface area (Å²) in [4.78, 5) is 11.5. The maximum atomic E-state index is 12.7. The fourth-order valence-electron chi connectivity index (χ4n) is 1.98. The lowest BCUT2D eigenvalue weighted by Gasteiger charge is -2.12. The number of aryl methyl sites for hydroxylation is 1. The van der Waals surface area contributed by atoms with Gasteiger partial charge in [0.2, 0.25) is 0 Å². The first-order chi connectivity index (χ1) is 9.62. The number of hydrogen-bond donors (Lipinski definition) is 2. The first kappa shape index (κ1) is 14.9. The maximum absolute atomic E-state index is 12.7. The van der Waals surface area contributed by atoms with E-state index in [2.05, 4.69) is 5.10 Å². The average Bonchev–Trinajstić information content (AvgIpc) is 2.64. The van der Waals surface area contributed by atoms with Crippen molar-refractivity contribution in [1.29, 1.82) is 0 Å². The summed E-state index contributed by atoms with van der Waals surface area (Å²) in [6.45, 7) is 3.31. The Morgan fingerprint density at radius 3 is 2.33 bits per heavy atom. The number of nitrogen functional groups attached to an aromatic ring is 1. The number of nitrogens with two attached hydrogens (primary N) is 2. The van der Waals surface area contributed by atoms with E-state index in [4.69, 9.17) is 11.5 Å². The molecule has 2 aromatic rings. The van der Waals surface area contributed by atoms with Crippen molar-refractivity contribution in [1.82, 2.24) is 9.78 Å². The van der Waals surface area contributed by atoms with Gasteiger partial charge in [-0.2, -0.15) is 18.3 Å². The zero-order valence-electron chi connectivity index (χ0n) is 11.3. The van der Waals surface area contributed by atoms with E-state index in [-0.39, 0.29) is 11.3 Å². The Kier molecular flexibility index (Phi) is 3.40. The molecule has 0 saturated carbocycles. The maximum Gasteiger partial charge on any atom is 0.416 e. The van der Waals surface area contributed by atoms with Gasteiger partial charge in [0.1, 0.15) is 0 Å². The summed E-state index contributed by atoms with van der Waals surface area (Å²) in [5.74, 6) is -0.970. The van der Waals surface area contributed by atoms with Crippen LogP contribution in [0.25, 0.3) is 5.69 Å². The van der Waals surface area contributed by atoms with Gasteiger partial charge < -0.3 is 11.5 Å². The summed E-state index contributed by atoms with van der Waals surface area (Å²) in [6, 6.07) is 2.74. The SMILES string of the molecule is Cc1nn(-c2ccc(C(F)(F)F)cc2C(N)=O)c(C)c1N. The second kappa shape index (κ2) is 4.80. The third kappa shape index (κ3) is 2.56. The van der Waals surface area contributed by atoms with Crippen LogP contribution in [0, 0.1) is 13.8 Å². The summed E-state index contributed by atoms with van der Waals surface area (Å²) < 4.78 is 39.5. The molecule has 0 aliphatic rings. The van der Waals surface area contributed by atoms with Crippen molar-refractivity contribution < 1.29 is 18.0 Å². The third-order valence-corrected chi connectivity index (χ3v) is 3.16. The summed E-state index contributed by atoms with van der Waals surface area (Å²) in [5, 5.41) is 4.12. The van der Waals surface area contributed by atoms with Gasteiger partial charge >= 0.3 is 6.18 Å². The van der Waals surface area contributed by atoms with Gasteiger partial charge in [0.05, 0.1) is 33.9 Å². The van der Waals surface area contributed by atoms with Crippen LogP contribution in [0.15, 0.2) is 18.2 Å². The number of alkyl halides is 3. The number of anilines is 1. The van der Waals surface area contributed by atoms with E-state index in [0.29, 0.717) is 23.1 Å². The number of halogens is 3. The molecule has 21 heavy (non-hydrogen) atoms. The van der Waals surface area contributed by atoms with Crippen molar-refractivity contribution in [3.8, 4) is 5.69 Å². The van der Waals surface area contributed by atoms with Gasteiger partial charge in [-0.1, -0.05) is 0 Å². The Hall–Kier alpha value is -2.51. The van der Waals surface area contributed by atoms with Crippen LogP contribution < -0.4 is 11.5 Å². The Morgan fingerprint density at radius 2 is 1.90 bits per heavy atom. The van der Waals surface area contributed by atoms with Crippen LogP contribution in [0.4, 0.5) is 18.9 Å². The van der Waals surface area contributed by atoms with Crippen molar-refractivity contribution in [2.24, 2.45) is 5.73 Å². The lowest BCUT2D eigenvalue weighted by Crippen LogP contribution is -2.18. The molecule has 0 atom stereocenters.